The van der Waals surface area contributed by atoms with Crippen molar-refractivity contribution in [2.45, 2.75) is 13.8 Å². The van der Waals surface area contributed by atoms with Crippen LogP contribution in [0.4, 0.5) is 17.2 Å². The van der Waals surface area contributed by atoms with Gasteiger partial charge in [0.25, 0.3) is 5.91 Å². The Morgan fingerprint density at radius 2 is 1.79 bits per heavy atom. The van der Waals surface area contributed by atoms with Gasteiger partial charge in [-0.15, -0.1) is 0 Å². The Morgan fingerprint density at radius 1 is 0.964 bits per heavy atom. The Kier molecular flexibility index (Phi) is 5.69. The molecule has 0 atom stereocenters. The van der Waals surface area contributed by atoms with Crippen LogP contribution in [0.25, 0.3) is 0 Å². The molecule has 0 saturated carbocycles. The second-order valence-corrected chi connectivity index (χ2v) is 6.40. The molecule has 0 aliphatic heterocycles. The van der Waals surface area contributed by atoms with Gasteiger partial charge in [-0.2, -0.15) is 0 Å². The second-order valence-electron chi connectivity index (χ2n) is 6.40. The third-order valence-electron chi connectivity index (χ3n) is 4.22. The van der Waals surface area contributed by atoms with E-state index in [4.69, 9.17) is 4.74 Å². The smallest absolute Gasteiger partial charge is 0.337 e. The Morgan fingerprint density at radius 3 is 2.57 bits per heavy atom. The molecule has 3 aromatic rings. The number of aromatic nitrogens is 1. The minimum absolute atomic E-state index is 0.298. The number of carbonyl (C=O) groups excluding carboxylic acids is 2. The number of aryl methyl sites for hydroxylation is 2. The van der Waals surface area contributed by atoms with E-state index in [1.165, 1.54) is 7.11 Å². The molecule has 28 heavy (non-hydrogen) atoms. The predicted octanol–water partition coefficient (Wildman–Crippen LogP) is 4.48. The Bertz CT molecular complexity index is 1030. The van der Waals surface area contributed by atoms with E-state index in [1.807, 2.05) is 32.0 Å². The van der Waals surface area contributed by atoms with E-state index in [-0.39, 0.29) is 5.91 Å². The van der Waals surface area contributed by atoms with E-state index in [1.54, 1.807) is 42.6 Å². The lowest BCUT2D eigenvalue weighted by Crippen LogP contribution is -2.13. The highest BCUT2D eigenvalue weighted by Gasteiger charge is 2.11. The van der Waals surface area contributed by atoms with Crippen LogP contribution in [0.5, 0.6) is 0 Å². The highest BCUT2D eigenvalue weighted by molar-refractivity contribution is 6.05. The zero-order valence-electron chi connectivity index (χ0n) is 15.9. The van der Waals surface area contributed by atoms with Gasteiger partial charge in [0.15, 0.2) is 0 Å². The molecule has 2 aromatic carbocycles. The van der Waals surface area contributed by atoms with Gasteiger partial charge in [0, 0.05) is 23.1 Å². The van der Waals surface area contributed by atoms with Gasteiger partial charge < -0.3 is 15.4 Å². The highest BCUT2D eigenvalue weighted by Crippen LogP contribution is 2.21. The lowest BCUT2D eigenvalue weighted by molar-refractivity contribution is 0.0600. The summed E-state index contributed by atoms with van der Waals surface area (Å²) in [4.78, 5) is 28.5. The van der Waals surface area contributed by atoms with Crippen LogP contribution < -0.4 is 10.6 Å². The minimum atomic E-state index is -0.458. The average molecular weight is 375 g/mol. The van der Waals surface area contributed by atoms with Gasteiger partial charge in [-0.25, -0.2) is 9.78 Å². The van der Waals surface area contributed by atoms with Crippen molar-refractivity contribution in [1.82, 2.24) is 4.98 Å². The molecule has 1 amide bonds. The number of rotatable bonds is 5. The maximum atomic E-state index is 12.6. The van der Waals surface area contributed by atoms with Crippen molar-refractivity contribution in [1.29, 1.82) is 0 Å². The van der Waals surface area contributed by atoms with Crippen LogP contribution in [0.1, 0.15) is 31.8 Å². The van der Waals surface area contributed by atoms with Crippen molar-refractivity contribution in [3.8, 4) is 0 Å². The molecule has 1 aromatic heterocycles. The lowest BCUT2D eigenvalue weighted by Gasteiger charge is -2.11. The monoisotopic (exact) mass is 375 g/mol. The van der Waals surface area contributed by atoms with Gasteiger partial charge in [0.2, 0.25) is 0 Å². The standard InChI is InChI=1S/C22H21N3O3/c1-14-7-8-15(2)19(11-14)25-20-13-16(9-10-23-20)21(26)24-18-6-4-5-17(12-18)22(27)28-3/h4-13H,1-3H3,(H,23,25)(H,24,26). The third-order valence-corrected chi connectivity index (χ3v) is 4.22. The summed E-state index contributed by atoms with van der Waals surface area (Å²) in [6, 6.07) is 16.0. The first-order valence-corrected chi connectivity index (χ1v) is 8.76. The van der Waals surface area contributed by atoms with E-state index < -0.39 is 5.97 Å². The molecule has 0 fully saturated rings. The van der Waals surface area contributed by atoms with Crippen LogP contribution in [0, 0.1) is 13.8 Å². The van der Waals surface area contributed by atoms with Gasteiger partial charge in [0.1, 0.15) is 5.82 Å². The Labute approximate surface area is 163 Å². The first kappa shape index (κ1) is 19.1. The van der Waals surface area contributed by atoms with E-state index in [9.17, 15) is 9.59 Å². The minimum Gasteiger partial charge on any atom is -0.465 e. The van der Waals surface area contributed by atoms with Crippen molar-refractivity contribution in [3.05, 3.63) is 83.0 Å². The molecule has 0 spiro atoms. The normalized spacial score (nSPS) is 10.2. The summed E-state index contributed by atoms with van der Waals surface area (Å²) in [5, 5.41) is 6.04. The number of carbonyl (C=O) groups is 2. The van der Waals surface area contributed by atoms with Gasteiger partial charge >= 0.3 is 5.97 Å². The second kappa shape index (κ2) is 8.35. The first-order chi connectivity index (χ1) is 13.5. The van der Waals surface area contributed by atoms with E-state index in [2.05, 4.69) is 15.6 Å². The molecule has 0 aliphatic rings. The molecule has 1 heterocycles. The average Bonchev–Trinajstić information content (AvgIpc) is 2.70. The van der Waals surface area contributed by atoms with Crippen LogP contribution in [0.15, 0.2) is 60.8 Å². The quantitative estimate of drug-likeness (QED) is 0.643. The van der Waals surface area contributed by atoms with E-state index >= 15 is 0 Å². The van der Waals surface area contributed by atoms with E-state index in [0.717, 1.165) is 16.8 Å². The maximum Gasteiger partial charge on any atom is 0.337 e. The highest BCUT2D eigenvalue weighted by atomic mass is 16.5. The summed E-state index contributed by atoms with van der Waals surface area (Å²) < 4.78 is 4.70. The molecule has 0 unspecified atom stereocenters. The summed E-state index contributed by atoms with van der Waals surface area (Å²) in [5.41, 5.74) is 4.48. The number of amides is 1. The van der Waals surface area contributed by atoms with Crippen LogP contribution in [0.3, 0.4) is 0 Å². The molecule has 6 nitrogen and oxygen atoms in total. The number of anilines is 3. The molecular formula is C22H21N3O3. The van der Waals surface area contributed by atoms with Gasteiger partial charge in [-0.1, -0.05) is 18.2 Å². The zero-order chi connectivity index (χ0) is 20.1. The molecule has 6 heteroatoms. The fraction of sp³-hybridized carbons (Fsp3) is 0.136. The largest absolute Gasteiger partial charge is 0.465 e. The summed E-state index contributed by atoms with van der Waals surface area (Å²) in [6.07, 6.45) is 1.58. The summed E-state index contributed by atoms with van der Waals surface area (Å²) in [5.74, 6) is -0.182. The van der Waals surface area contributed by atoms with Gasteiger partial charge in [-0.05, 0) is 61.4 Å². The lowest BCUT2D eigenvalue weighted by atomic mass is 10.1. The van der Waals surface area contributed by atoms with Crippen molar-refractivity contribution < 1.29 is 14.3 Å². The van der Waals surface area contributed by atoms with Crippen LogP contribution in [-0.2, 0) is 4.74 Å². The van der Waals surface area contributed by atoms with Crippen molar-refractivity contribution in [2.24, 2.45) is 0 Å². The van der Waals surface area contributed by atoms with Gasteiger partial charge in [-0.3, -0.25) is 4.79 Å². The fourth-order valence-corrected chi connectivity index (χ4v) is 2.69. The Balaban J connectivity index is 1.77. The van der Waals surface area contributed by atoms with Gasteiger partial charge in [0.05, 0.1) is 12.7 Å². The predicted molar refractivity (Wildman–Crippen MR) is 109 cm³/mol. The number of benzene rings is 2. The summed E-state index contributed by atoms with van der Waals surface area (Å²) in [7, 11) is 1.31. The topological polar surface area (TPSA) is 80.3 Å². The number of hydrogen-bond acceptors (Lipinski definition) is 5. The number of pyridine rings is 1. The van der Waals surface area contributed by atoms with Crippen molar-refractivity contribution in [3.63, 3.8) is 0 Å². The van der Waals surface area contributed by atoms with E-state index in [0.29, 0.717) is 22.6 Å². The summed E-state index contributed by atoms with van der Waals surface area (Å²) >= 11 is 0. The maximum absolute atomic E-state index is 12.6. The number of ether oxygens (including phenoxy) is 1. The fourth-order valence-electron chi connectivity index (χ4n) is 2.69. The summed E-state index contributed by atoms with van der Waals surface area (Å²) in [6.45, 7) is 4.02. The number of nitrogens with one attached hydrogen (secondary N) is 2. The number of methoxy groups -OCH3 is 1. The van der Waals surface area contributed by atoms with Crippen LogP contribution in [0.2, 0.25) is 0 Å². The molecule has 142 valence electrons. The molecule has 0 radical (unpaired) electrons. The molecule has 0 bridgehead atoms. The van der Waals surface area contributed by atoms with Crippen LogP contribution in [-0.4, -0.2) is 24.0 Å². The molecule has 0 aliphatic carbocycles. The zero-order valence-corrected chi connectivity index (χ0v) is 15.9. The van der Waals surface area contributed by atoms with Crippen LogP contribution >= 0.6 is 0 Å². The van der Waals surface area contributed by atoms with Crippen molar-refractivity contribution in [2.75, 3.05) is 17.7 Å². The number of esters is 1. The number of hydrogen-bond donors (Lipinski definition) is 2. The molecule has 0 saturated heterocycles. The molecule has 3 rings (SSSR count). The van der Waals surface area contributed by atoms with Crippen molar-refractivity contribution >= 4 is 29.1 Å². The third kappa shape index (κ3) is 4.54. The molecule has 2 N–H and O–H groups in total. The first-order valence-electron chi connectivity index (χ1n) is 8.76. The SMILES string of the molecule is COC(=O)c1cccc(NC(=O)c2ccnc(Nc3cc(C)ccc3C)c2)c1. The Hall–Kier alpha value is -3.67. The molecular weight excluding hydrogens is 354 g/mol. The number of nitrogens with zero attached hydrogens (tertiary/aromatic N) is 1.